The highest BCUT2D eigenvalue weighted by Gasteiger charge is 2.30. The van der Waals surface area contributed by atoms with Gasteiger partial charge >= 0.3 is 12.1 Å². The number of halogens is 3. The van der Waals surface area contributed by atoms with Gasteiger partial charge in [0.25, 0.3) is 5.91 Å². The molecule has 0 unspecified atom stereocenters. The predicted molar refractivity (Wildman–Crippen MR) is 85.2 cm³/mol. The van der Waals surface area contributed by atoms with E-state index in [9.17, 15) is 27.9 Å². The van der Waals surface area contributed by atoms with Crippen LogP contribution in [0.15, 0.2) is 48.5 Å². The fraction of sp³-hybridized carbons (Fsp3) is 0.167. The van der Waals surface area contributed by atoms with Gasteiger partial charge in [-0.3, -0.25) is 4.79 Å². The number of benzene rings is 2. The number of alkyl halides is 3. The summed E-state index contributed by atoms with van der Waals surface area (Å²) in [6, 6.07) is 10.4. The van der Waals surface area contributed by atoms with Crippen molar-refractivity contribution in [3.05, 3.63) is 70.8 Å². The van der Waals surface area contributed by atoms with Gasteiger partial charge in [0.15, 0.2) is 0 Å². The monoisotopic (exact) mass is 362 g/mol. The van der Waals surface area contributed by atoms with Crippen molar-refractivity contribution in [1.82, 2.24) is 5.32 Å². The average molecular weight is 362 g/mol. The molecule has 1 amide bonds. The van der Waals surface area contributed by atoms with Gasteiger partial charge in [0.2, 0.25) is 0 Å². The number of nitrogens with one attached hydrogen (secondary N) is 1. The third-order valence-corrected chi connectivity index (χ3v) is 3.57. The Morgan fingerprint density at radius 1 is 1.15 bits per heavy atom. The van der Waals surface area contributed by atoms with Gasteiger partial charge in [-0.15, -0.1) is 0 Å². The molecule has 0 aliphatic carbocycles. The minimum absolute atomic E-state index is 0.0722. The molecule has 1 atom stereocenters. The molecular weight excluding hydrogens is 349 g/mol. The molecule has 0 aromatic heterocycles. The smallest absolute Gasteiger partial charge is 0.416 e. The molecule has 2 rings (SSSR count). The van der Waals surface area contributed by atoms with Crippen LogP contribution in [0, 0.1) is 11.3 Å². The lowest BCUT2D eigenvalue weighted by Crippen LogP contribution is -2.42. The van der Waals surface area contributed by atoms with Crippen molar-refractivity contribution in [3.63, 3.8) is 0 Å². The number of carbonyl (C=O) groups is 2. The molecule has 0 radical (unpaired) electrons. The second-order valence-corrected chi connectivity index (χ2v) is 5.46. The van der Waals surface area contributed by atoms with Gasteiger partial charge in [-0.2, -0.15) is 18.4 Å². The number of hydrogen-bond donors (Lipinski definition) is 2. The summed E-state index contributed by atoms with van der Waals surface area (Å²) in [5, 5.41) is 20.4. The lowest BCUT2D eigenvalue weighted by atomic mass is 10.0. The molecule has 0 heterocycles. The molecule has 0 aliphatic rings. The number of aliphatic carboxylic acids is 1. The summed E-state index contributed by atoms with van der Waals surface area (Å²) < 4.78 is 37.6. The van der Waals surface area contributed by atoms with E-state index in [1.807, 2.05) is 6.07 Å². The van der Waals surface area contributed by atoms with Crippen LogP contribution in [0.25, 0.3) is 0 Å². The highest BCUT2D eigenvalue weighted by molar-refractivity contribution is 5.96. The van der Waals surface area contributed by atoms with Crippen molar-refractivity contribution in [2.24, 2.45) is 0 Å². The predicted octanol–water partition coefficient (Wildman–Crippen LogP) is 3.00. The molecule has 0 saturated heterocycles. The Labute approximate surface area is 146 Å². The normalized spacial score (nSPS) is 12.1. The van der Waals surface area contributed by atoms with E-state index in [1.165, 1.54) is 6.07 Å². The van der Waals surface area contributed by atoms with E-state index in [1.54, 1.807) is 18.2 Å². The first-order valence-corrected chi connectivity index (χ1v) is 7.40. The van der Waals surface area contributed by atoms with E-state index >= 15 is 0 Å². The van der Waals surface area contributed by atoms with E-state index in [0.29, 0.717) is 11.1 Å². The standard InChI is InChI=1S/C18H13F3N2O3/c19-18(20,21)14-6-4-13(5-7-14)16(24)23-15(17(25)26)9-11-2-1-3-12(8-11)10-22/h1-8,15H,9H2,(H,23,24)(H,25,26)/t15-/m0/s1. The van der Waals surface area contributed by atoms with Crippen LogP contribution >= 0.6 is 0 Å². The zero-order valence-corrected chi connectivity index (χ0v) is 13.2. The Kier molecular flexibility index (Phi) is 5.62. The third-order valence-electron chi connectivity index (χ3n) is 3.57. The second-order valence-electron chi connectivity index (χ2n) is 5.46. The third kappa shape index (κ3) is 4.83. The van der Waals surface area contributed by atoms with Crippen LogP contribution in [0.4, 0.5) is 13.2 Å². The van der Waals surface area contributed by atoms with Crippen molar-refractivity contribution in [2.45, 2.75) is 18.6 Å². The number of rotatable bonds is 5. The molecule has 134 valence electrons. The lowest BCUT2D eigenvalue weighted by molar-refractivity contribution is -0.139. The minimum atomic E-state index is -4.52. The van der Waals surface area contributed by atoms with E-state index < -0.39 is 29.7 Å². The number of nitriles is 1. The molecule has 0 bridgehead atoms. The Balaban J connectivity index is 2.13. The molecule has 2 aromatic rings. The topological polar surface area (TPSA) is 90.2 Å². The largest absolute Gasteiger partial charge is 0.480 e. The summed E-state index contributed by atoms with van der Waals surface area (Å²) in [7, 11) is 0. The summed E-state index contributed by atoms with van der Waals surface area (Å²) in [6.45, 7) is 0. The Morgan fingerprint density at radius 2 is 1.81 bits per heavy atom. The van der Waals surface area contributed by atoms with Crippen molar-refractivity contribution < 1.29 is 27.9 Å². The van der Waals surface area contributed by atoms with Gasteiger partial charge in [0, 0.05) is 12.0 Å². The number of amides is 1. The maximum absolute atomic E-state index is 12.5. The first kappa shape index (κ1) is 19.0. The molecule has 0 saturated carbocycles. The lowest BCUT2D eigenvalue weighted by Gasteiger charge is -2.15. The fourth-order valence-electron chi connectivity index (χ4n) is 2.26. The number of carboxylic acids is 1. The summed E-state index contributed by atoms with van der Waals surface area (Å²) >= 11 is 0. The van der Waals surface area contributed by atoms with Crippen molar-refractivity contribution >= 4 is 11.9 Å². The van der Waals surface area contributed by atoms with E-state index in [2.05, 4.69) is 5.32 Å². The summed E-state index contributed by atoms with van der Waals surface area (Å²) in [5.74, 6) is -2.10. The van der Waals surface area contributed by atoms with Crippen LogP contribution in [-0.4, -0.2) is 23.0 Å². The van der Waals surface area contributed by atoms with Gasteiger partial charge in [-0.1, -0.05) is 12.1 Å². The molecule has 2 aromatic carbocycles. The minimum Gasteiger partial charge on any atom is -0.480 e. The zero-order chi connectivity index (χ0) is 19.3. The maximum atomic E-state index is 12.5. The van der Waals surface area contributed by atoms with Crippen molar-refractivity contribution in [1.29, 1.82) is 5.26 Å². The Hall–Kier alpha value is -3.34. The van der Waals surface area contributed by atoms with Gasteiger partial charge in [0.1, 0.15) is 6.04 Å². The molecule has 0 spiro atoms. The van der Waals surface area contributed by atoms with Gasteiger partial charge in [-0.25, -0.2) is 4.79 Å². The first-order chi connectivity index (χ1) is 12.2. The van der Waals surface area contributed by atoms with Crippen LogP contribution in [-0.2, 0) is 17.4 Å². The van der Waals surface area contributed by atoms with E-state index in [0.717, 1.165) is 24.3 Å². The van der Waals surface area contributed by atoms with E-state index in [-0.39, 0.29) is 12.0 Å². The SMILES string of the molecule is N#Cc1cccc(C[C@H](NC(=O)c2ccc(C(F)(F)F)cc2)C(=O)O)c1. The summed E-state index contributed by atoms with van der Waals surface area (Å²) in [4.78, 5) is 23.5. The molecule has 8 heteroatoms. The van der Waals surface area contributed by atoms with Gasteiger partial charge in [0.05, 0.1) is 17.2 Å². The van der Waals surface area contributed by atoms with Gasteiger partial charge < -0.3 is 10.4 Å². The number of carboxylic acid groups (broad SMARTS) is 1. The van der Waals surface area contributed by atoms with Crippen molar-refractivity contribution in [2.75, 3.05) is 0 Å². The van der Waals surface area contributed by atoms with Crippen LogP contribution < -0.4 is 5.32 Å². The zero-order valence-electron chi connectivity index (χ0n) is 13.2. The first-order valence-electron chi connectivity index (χ1n) is 7.40. The number of hydrogen-bond acceptors (Lipinski definition) is 3. The highest BCUT2D eigenvalue weighted by atomic mass is 19.4. The molecule has 0 fully saturated rings. The number of carbonyl (C=O) groups excluding carboxylic acids is 1. The van der Waals surface area contributed by atoms with Crippen molar-refractivity contribution in [3.8, 4) is 6.07 Å². The average Bonchev–Trinajstić information content (AvgIpc) is 2.60. The van der Waals surface area contributed by atoms with E-state index in [4.69, 9.17) is 5.26 Å². The Morgan fingerprint density at radius 3 is 2.35 bits per heavy atom. The summed E-state index contributed by atoms with van der Waals surface area (Å²) in [5.41, 5.74) is -0.114. The second kappa shape index (κ2) is 7.70. The quantitative estimate of drug-likeness (QED) is 0.856. The fourth-order valence-corrected chi connectivity index (χ4v) is 2.26. The van der Waals surface area contributed by atoms with Crippen LogP contribution in [0.3, 0.4) is 0 Å². The van der Waals surface area contributed by atoms with Crippen LogP contribution in [0.5, 0.6) is 0 Å². The van der Waals surface area contributed by atoms with Crippen LogP contribution in [0.2, 0.25) is 0 Å². The Bertz CT molecular complexity index is 855. The summed E-state index contributed by atoms with van der Waals surface area (Å²) in [6.07, 6.45) is -4.60. The molecule has 2 N–H and O–H groups in total. The maximum Gasteiger partial charge on any atom is 0.416 e. The highest BCUT2D eigenvalue weighted by Crippen LogP contribution is 2.29. The molecule has 5 nitrogen and oxygen atoms in total. The molecule has 0 aliphatic heterocycles. The van der Waals surface area contributed by atoms with Crippen LogP contribution in [0.1, 0.15) is 27.0 Å². The molecular formula is C18H13F3N2O3. The van der Waals surface area contributed by atoms with Gasteiger partial charge in [-0.05, 0) is 42.0 Å². The molecule has 26 heavy (non-hydrogen) atoms. The number of nitrogens with zero attached hydrogens (tertiary/aromatic N) is 1.